The maximum Gasteiger partial charge on any atom is 0.277 e. The van der Waals surface area contributed by atoms with Gasteiger partial charge in [-0.05, 0) is 24.3 Å². The molecule has 0 unspecified atom stereocenters. The van der Waals surface area contributed by atoms with Crippen molar-refractivity contribution in [1.82, 2.24) is 10.2 Å². The van der Waals surface area contributed by atoms with Crippen molar-refractivity contribution in [3.63, 3.8) is 0 Å². The lowest BCUT2D eigenvalue weighted by atomic mass is 10.3. The first kappa shape index (κ1) is 20.3. The molecule has 0 atom stereocenters. The van der Waals surface area contributed by atoms with E-state index in [0.717, 1.165) is 11.8 Å². The molecule has 1 heterocycles. The number of nitrogens with zero attached hydrogens (tertiary/aromatic N) is 2. The minimum atomic E-state index is -0.279. The molecule has 0 aliphatic carbocycles. The van der Waals surface area contributed by atoms with Gasteiger partial charge in [0.1, 0.15) is 0 Å². The number of hydrogen-bond donors (Lipinski definition) is 1. The van der Waals surface area contributed by atoms with Crippen LogP contribution in [0.2, 0.25) is 10.0 Å². The van der Waals surface area contributed by atoms with Crippen LogP contribution in [-0.4, -0.2) is 29.0 Å². The summed E-state index contributed by atoms with van der Waals surface area (Å²) in [6.45, 7) is 0.0816. The lowest BCUT2D eigenvalue weighted by Gasteiger charge is -2.08. The summed E-state index contributed by atoms with van der Waals surface area (Å²) in [6.07, 6.45) is 0. The average molecular weight is 440 g/mol. The first-order valence-electron chi connectivity index (χ1n) is 8.01. The molecule has 7 nitrogen and oxygen atoms in total. The zero-order valence-electron chi connectivity index (χ0n) is 14.6. The summed E-state index contributed by atoms with van der Waals surface area (Å²) in [5.74, 6) is 1.24. The maximum absolute atomic E-state index is 12.1. The number of para-hydroxylation sites is 2. The van der Waals surface area contributed by atoms with Crippen molar-refractivity contribution < 1.29 is 18.7 Å². The van der Waals surface area contributed by atoms with Crippen molar-refractivity contribution in [3.05, 3.63) is 58.4 Å². The van der Waals surface area contributed by atoms with Gasteiger partial charge in [-0.3, -0.25) is 4.79 Å². The molecule has 0 fully saturated rings. The molecule has 0 spiro atoms. The van der Waals surface area contributed by atoms with Gasteiger partial charge in [0.15, 0.2) is 18.1 Å². The number of ether oxygens (including phenoxy) is 2. The number of halogens is 2. The second-order valence-corrected chi connectivity index (χ2v) is 7.05. The highest BCUT2D eigenvalue weighted by molar-refractivity contribution is 7.99. The molecule has 0 aliphatic rings. The van der Waals surface area contributed by atoms with Crippen LogP contribution < -0.4 is 14.8 Å². The Morgan fingerprint density at radius 2 is 1.93 bits per heavy atom. The van der Waals surface area contributed by atoms with Crippen LogP contribution in [0.5, 0.6) is 11.5 Å². The topological polar surface area (TPSA) is 86.5 Å². The molecule has 0 aliphatic heterocycles. The Balaban J connectivity index is 1.50. The summed E-state index contributed by atoms with van der Waals surface area (Å²) in [7, 11) is 1.56. The van der Waals surface area contributed by atoms with E-state index in [1.807, 2.05) is 12.1 Å². The van der Waals surface area contributed by atoms with Crippen molar-refractivity contribution in [2.24, 2.45) is 0 Å². The van der Waals surface area contributed by atoms with Crippen LogP contribution in [-0.2, 0) is 11.4 Å². The lowest BCUT2D eigenvalue weighted by Crippen LogP contribution is -2.14. The van der Waals surface area contributed by atoms with Crippen LogP contribution in [0.1, 0.15) is 5.89 Å². The number of methoxy groups -OCH3 is 1. The second kappa shape index (κ2) is 9.68. The molecule has 2 aromatic carbocycles. The highest BCUT2D eigenvalue weighted by Crippen LogP contribution is 2.30. The van der Waals surface area contributed by atoms with Gasteiger partial charge < -0.3 is 19.2 Å². The fourth-order valence-corrected chi connectivity index (χ4v) is 3.07. The molecule has 28 heavy (non-hydrogen) atoms. The second-order valence-electron chi connectivity index (χ2n) is 5.34. The molecule has 3 rings (SSSR count). The predicted octanol–water partition coefficient (Wildman–Crippen LogP) is 4.69. The number of rotatable bonds is 8. The summed E-state index contributed by atoms with van der Waals surface area (Å²) in [4.78, 5) is 12.1. The van der Waals surface area contributed by atoms with E-state index in [4.69, 9.17) is 37.1 Å². The highest BCUT2D eigenvalue weighted by atomic mass is 35.5. The standard InChI is InChI=1S/C18H15Cl2N3O4S/c1-25-13-7-2-3-8-14(13)26-9-16-22-23-18(27-16)28-10-15(24)21-12-6-4-5-11(19)17(12)20/h2-8H,9-10H2,1H3,(H,21,24). The predicted molar refractivity (Wildman–Crippen MR) is 107 cm³/mol. The molecule has 3 aromatic rings. The number of anilines is 1. The van der Waals surface area contributed by atoms with Gasteiger partial charge in [0, 0.05) is 0 Å². The van der Waals surface area contributed by atoms with Crippen LogP contribution in [0.4, 0.5) is 5.69 Å². The van der Waals surface area contributed by atoms with Crippen LogP contribution in [0.3, 0.4) is 0 Å². The molecule has 0 radical (unpaired) electrons. The van der Waals surface area contributed by atoms with E-state index in [0.29, 0.717) is 22.2 Å². The van der Waals surface area contributed by atoms with Crippen molar-refractivity contribution in [2.45, 2.75) is 11.8 Å². The number of thioether (sulfide) groups is 1. The molecule has 0 saturated carbocycles. The van der Waals surface area contributed by atoms with Crippen molar-refractivity contribution in [3.8, 4) is 11.5 Å². The summed E-state index contributed by atoms with van der Waals surface area (Å²) < 4.78 is 16.3. The third-order valence-corrected chi connectivity index (χ3v) is 5.06. The lowest BCUT2D eigenvalue weighted by molar-refractivity contribution is -0.113. The third-order valence-electron chi connectivity index (χ3n) is 3.42. The summed E-state index contributed by atoms with van der Waals surface area (Å²) in [5.41, 5.74) is 0.441. The van der Waals surface area contributed by atoms with Crippen LogP contribution in [0, 0.1) is 0 Å². The number of nitrogens with one attached hydrogen (secondary N) is 1. The maximum atomic E-state index is 12.1. The molecule has 1 amide bonds. The summed E-state index contributed by atoms with van der Waals surface area (Å²) >= 11 is 13.1. The first-order chi connectivity index (χ1) is 13.6. The first-order valence-corrected chi connectivity index (χ1v) is 9.76. The summed E-state index contributed by atoms with van der Waals surface area (Å²) in [5, 5.41) is 11.4. The number of aromatic nitrogens is 2. The van der Waals surface area contributed by atoms with E-state index in [9.17, 15) is 4.79 Å². The minimum absolute atomic E-state index is 0.0673. The molecular formula is C18H15Cl2N3O4S. The fourth-order valence-electron chi connectivity index (χ4n) is 2.15. The van der Waals surface area contributed by atoms with Gasteiger partial charge in [0.25, 0.3) is 11.1 Å². The monoisotopic (exact) mass is 439 g/mol. The molecular weight excluding hydrogens is 425 g/mol. The van der Waals surface area contributed by atoms with Crippen LogP contribution >= 0.6 is 35.0 Å². The Hall–Kier alpha value is -2.42. The SMILES string of the molecule is COc1ccccc1OCc1nnc(SCC(=O)Nc2cccc(Cl)c2Cl)o1. The van der Waals surface area contributed by atoms with E-state index < -0.39 is 0 Å². The van der Waals surface area contributed by atoms with E-state index in [1.54, 1.807) is 37.4 Å². The Morgan fingerprint density at radius 3 is 2.71 bits per heavy atom. The van der Waals surface area contributed by atoms with Gasteiger partial charge in [-0.2, -0.15) is 0 Å². The van der Waals surface area contributed by atoms with Gasteiger partial charge in [-0.1, -0.05) is 53.2 Å². The quantitative estimate of drug-likeness (QED) is 0.509. The average Bonchev–Trinajstić information content (AvgIpc) is 3.16. The number of hydrogen-bond acceptors (Lipinski definition) is 7. The van der Waals surface area contributed by atoms with E-state index in [2.05, 4.69) is 15.5 Å². The van der Waals surface area contributed by atoms with Gasteiger partial charge in [0.05, 0.1) is 28.6 Å². The Bertz CT molecular complexity index is 968. The smallest absolute Gasteiger partial charge is 0.277 e. The molecule has 10 heteroatoms. The highest BCUT2D eigenvalue weighted by Gasteiger charge is 2.13. The molecule has 1 aromatic heterocycles. The Kier molecular flexibility index (Phi) is 7.02. The van der Waals surface area contributed by atoms with Crippen LogP contribution in [0.15, 0.2) is 52.1 Å². The molecule has 146 valence electrons. The Labute approximate surface area is 175 Å². The van der Waals surface area contributed by atoms with Crippen LogP contribution in [0.25, 0.3) is 0 Å². The number of benzene rings is 2. The fraction of sp³-hybridized carbons (Fsp3) is 0.167. The van der Waals surface area contributed by atoms with E-state index >= 15 is 0 Å². The molecule has 0 saturated heterocycles. The van der Waals surface area contributed by atoms with Crippen molar-refractivity contribution in [2.75, 3.05) is 18.2 Å². The number of carbonyl (C=O) groups is 1. The zero-order valence-corrected chi connectivity index (χ0v) is 17.0. The third kappa shape index (κ3) is 5.31. The summed E-state index contributed by atoms with van der Waals surface area (Å²) in [6, 6.07) is 12.2. The van der Waals surface area contributed by atoms with Gasteiger partial charge >= 0.3 is 0 Å². The number of carbonyl (C=O) groups excluding carboxylic acids is 1. The number of amides is 1. The van der Waals surface area contributed by atoms with E-state index in [1.165, 1.54) is 0 Å². The van der Waals surface area contributed by atoms with Gasteiger partial charge in [-0.15, -0.1) is 10.2 Å². The molecule has 1 N–H and O–H groups in total. The molecule has 0 bridgehead atoms. The van der Waals surface area contributed by atoms with Crippen molar-refractivity contribution in [1.29, 1.82) is 0 Å². The Morgan fingerprint density at radius 1 is 1.14 bits per heavy atom. The van der Waals surface area contributed by atoms with Crippen molar-refractivity contribution >= 4 is 46.6 Å². The van der Waals surface area contributed by atoms with Gasteiger partial charge in [0.2, 0.25) is 5.91 Å². The van der Waals surface area contributed by atoms with Gasteiger partial charge in [-0.25, -0.2) is 0 Å². The largest absolute Gasteiger partial charge is 0.493 e. The minimum Gasteiger partial charge on any atom is -0.493 e. The normalized spacial score (nSPS) is 10.5. The van der Waals surface area contributed by atoms with E-state index in [-0.39, 0.29) is 34.4 Å². The zero-order chi connectivity index (χ0) is 19.9.